The van der Waals surface area contributed by atoms with Gasteiger partial charge in [-0.05, 0) is 31.7 Å². The van der Waals surface area contributed by atoms with Crippen LogP contribution in [-0.2, 0) is 16.0 Å². The van der Waals surface area contributed by atoms with E-state index in [9.17, 15) is 0 Å². The van der Waals surface area contributed by atoms with Gasteiger partial charge in [0.2, 0.25) is 0 Å². The van der Waals surface area contributed by atoms with E-state index in [2.05, 4.69) is 35.2 Å². The van der Waals surface area contributed by atoms with Gasteiger partial charge in [0.05, 0.1) is 12.7 Å². The van der Waals surface area contributed by atoms with Crippen LogP contribution in [0, 0.1) is 5.92 Å². The third-order valence-corrected chi connectivity index (χ3v) is 3.95. The van der Waals surface area contributed by atoms with Crippen molar-refractivity contribution >= 4 is 0 Å². The smallest absolute Gasteiger partial charge is 0.163 e. The highest BCUT2D eigenvalue weighted by Gasteiger charge is 2.36. The quantitative estimate of drug-likeness (QED) is 0.831. The summed E-state index contributed by atoms with van der Waals surface area (Å²) in [4.78, 5) is 2.50. The van der Waals surface area contributed by atoms with Gasteiger partial charge in [0, 0.05) is 19.6 Å². The van der Waals surface area contributed by atoms with E-state index in [4.69, 9.17) is 9.47 Å². The van der Waals surface area contributed by atoms with Gasteiger partial charge in [-0.2, -0.15) is 0 Å². The van der Waals surface area contributed by atoms with E-state index in [-0.39, 0.29) is 5.79 Å². The highest BCUT2D eigenvalue weighted by molar-refractivity contribution is 5.14. The van der Waals surface area contributed by atoms with Gasteiger partial charge >= 0.3 is 0 Å². The predicted molar refractivity (Wildman–Crippen MR) is 74.7 cm³/mol. The number of nitrogens with zero attached hydrogens (tertiary/aromatic N) is 1. The maximum absolute atomic E-state index is 5.87. The van der Waals surface area contributed by atoms with Crippen LogP contribution >= 0.6 is 0 Å². The minimum absolute atomic E-state index is 0.291. The molecule has 1 aromatic carbocycles. The monoisotopic (exact) mass is 261 g/mol. The van der Waals surface area contributed by atoms with E-state index in [1.54, 1.807) is 0 Å². The van der Waals surface area contributed by atoms with Crippen molar-refractivity contribution in [2.45, 2.75) is 38.7 Å². The molecule has 3 nitrogen and oxygen atoms in total. The van der Waals surface area contributed by atoms with Gasteiger partial charge in [0.15, 0.2) is 5.79 Å². The Kier molecular flexibility index (Phi) is 3.61. The molecule has 0 amide bonds. The van der Waals surface area contributed by atoms with E-state index in [0.29, 0.717) is 6.10 Å². The molecular weight excluding hydrogens is 238 g/mol. The van der Waals surface area contributed by atoms with Crippen molar-refractivity contribution < 1.29 is 9.47 Å². The molecule has 2 fully saturated rings. The van der Waals surface area contributed by atoms with Gasteiger partial charge in [0.1, 0.15) is 0 Å². The second-order valence-corrected chi connectivity index (χ2v) is 6.23. The van der Waals surface area contributed by atoms with Crippen LogP contribution in [0.4, 0.5) is 0 Å². The Labute approximate surface area is 115 Å². The number of likely N-dealkylation sites (tertiary alicyclic amines) is 1. The maximum Gasteiger partial charge on any atom is 0.163 e. The second-order valence-electron chi connectivity index (χ2n) is 6.23. The molecule has 0 spiro atoms. The fourth-order valence-corrected chi connectivity index (χ4v) is 3.05. The minimum Gasteiger partial charge on any atom is -0.348 e. The van der Waals surface area contributed by atoms with Crippen LogP contribution in [0.25, 0.3) is 0 Å². The first-order valence-electron chi connectivity index (χ1n) is 7.19. The molecule has 0 radical (unpaired) electrons. The van der Waals surface area contributed by atoms with Crippen LogP contribution < -0.4 is 0 Å². The molecule has 3 heteroatoms. The summed E-state index contributed by atoms with van der Waals surface area (Å²) in [6.07, 6.45) is 1.42. The standard InChI is InChI=1S/C16H23NO2/c1-16(2)18-12-15(19-16)8-14-10-17(11-14)9-13-6-4-3-5-7-13/h3-7,14-15H,8-12H2,1-2H3. The van der Waals surface area contributed by atoms with Crippen LogP contribution in [0.3, 0.4) is 0 Å². The van der Waals surface area contributed by atoms with Crippen LogP contribution in [0.5, 0.6) is 0 Å². The van der Waals surface area contributed by atoms with Crippen molar-refractivity contribution in [3.8, 4) is 0 Å². The number of hydrogen-bond donors (Lipinski definition) is 0. The first-order chi connectivity index (χ1) is 9.11. The summed E-state index contributed by atoms with van der Waals surface area (Å²) in [7, 11) is 0. The van der Waals surface area contributed by atoms with Crippen molar-refractivity contribution in [1.29, 1.82) is 0 Å². The lowest BCUT2D eigenvalue weighted by molar-refractivity contribution is -0.141. The van der Waals surface area contributed by atoms with E-state index in [1.165, 1.54) is 18.7 Å². The molecule has 0 saturated carbocycles. The van der Waals surface area contributed by atoms with Gasteiger partial charge in [-0.3, -0.25) is 4.90 Å². The topological polar surface area (TPSA) is 21.7 Å². The van der Waals surface area contributed by atoms with Gasteiger partial charge in [-0.25, -0.2) is 0 Å². The zero-order valence-electron chi connectivity index (χ0n) is 11.8. The zero-order chi connectivity index (χ0) is 13.3. The molecule has 0 bridgehead atoms. The highest BCUT2D eigenvalue weighted by atomic mass is 16.7. The Bertz CT molecular complexity index is 412. The van der Waals surface area contributed by atoms with Crippen LogP contribution in [0.1, 0.15) is 25.8 Å². The van der Waals surface area contributed by atoms with E-state index in [1.807, 2.05) is 13.8 Å². The lowest BCUT2D eigenvalue weighted by Crippen LogP contribution is -2.47. The zero-order valence-corrected chi connectivity index (χ0v) is 11.8. The maximum atomic E-state index is 5.87. The van der Waals surface area contributed by atoms with Crippen LogP contribution in [-0.4, -0.2) is 36.5 Å². The van der Waals surface area contributed by atoms with Gasteiger partial charge in [-0.1, -0.05) is 30.3 Å². The normalized spacial score (nSPS) is 27.4. The molecule has 2 saturated heterocycles. The molecular formula is C16H23NO2. The molecule has 2 aliphatic rings. The highest BCUT2D eigenvalue weighted by Crippen LogP contribution is 2.30. The SMILES string of the molecule is CC1(C)OCC(CC2CN(Cc3ccccc3)C2)O1. The Morgan fingerprint density at radius 2 is 1.95 bits per heavy atom. The molecule has 0 aliphatic carbocycles. The number of benzene rings is 1. The van der Waals surface area contributed by atoms with Crippen LogP contribution in [0.2, 0.25) is 0 Å². The molecule has 104 valence electrons. The Hall–Kier alpha value is -0.900. The molecule has 1 unspecified atom stereocenters. The molecule has 1 aromatic rings. The molecule has 1 atom stereocenters. The third-order valence-electron chi connectivity index (χ3n) is 3.95. The average molecular weight is 261 g/mol. The Morgan fingerprint density at radius 3 is 2.58 bits per heavy atom. The molecule has 3 rings (SSSR count). The van der Waals surface area contributed by atoms with Crippen molar-refractivity contribution in [2.75, 3.05) is 19.7 Å². The summed E-state index contributed by atoms with van der Waals surface area (Å²) < 4.78 is 11.5. The fourth-order valence-electron chi connectivity index (χ4n) is 3.05. The summed E-state index contributed by atoms with van der Waals surface area (Å²) in [5.41, 5.74) is 1.41. The minimum atomic E-state index is -0.377. The van der Waals surface area contributed by atoms with E-state index < -0.39 is 0 Å². The summed E-state index contributed by atoms with van der Waals surface area (Å²) >= 11 is 0. The first kappa shape index (κ1) is 13.1. The summed E-state index contributed by atoms with van der Waals surface area (Å²) in [5, 5.41) is 0. The molecule has 0 N–H and O–H groups in total. The summed E-state index contributed by atoms with van der Waals surface area (Å²) in [5.74, 6) is 0.393. The van der Waals surface area contributed by atoms with Gasteiger partial charge in [0.25, 0.3) is 0 Å². The fraction of sp³-hybridized carbons (Fsp3) is 0.625. The average Bonchev–Trinajstić information content (AvgIpc) is 2.67. The lowest BCUT2D eigenvalue weighted by atomic mass is 9.93. The lowest BCUT2D eigenvalue weighted by Gasteiger charge is -2.40. The van der Waals surface area contributed by atoms with Gasteiger partial charge in [-0.15, -0.1) is 0 Å². The molecule has 0 aromatic heterocycles. The van der Waals surface area contributed by atoms with Gasteiger partial charge < -0.3 is 9.47 Å². The molecule has 2 heterocycles. The Balaban J connectivity index is 1.39. The third kappa shape index (κ3) is 3.35. The Morgan fingerprint density at radius 1 is 1.21 bits per heavy atom. The van der Waals surface area contributed by atoms with E-state index in [0.717, 1.165) is 25.5 Å². The van der Waals surface area contributed by atoms with Crippen LogP contribution in [0.15, 0.2) is 30.3 Å². The number of ether oxygens (including phenoxy) is 2. The van der Waals surface area contributed by atoms with Crippen molar-refractivity contribution in [1.82, 2.24) is 4.90 Å². The second kappa shape index (κ2) is 5.23. The molecule has 2 aliphatic heterocycles. The first-order valence-corrected chi connectivity index (χ1v) is 7.19. The van der Waals surface area contributed by atoms with E-state index >= 15 is 0 Å². The van der Waals surface area contributed by atoms with Crippen molar-refractivity contribution in [2.24, 2.45) is 5.92 Å². The number of hydrogen-bond acceptors (Lipinski definition) is 3. The van der Waals surface area contributed by atoms with Crippen molar-refractivity contribution in [3.63, 3.8) is 0 Å². The summed E-state index contributed by atoms with van der Waals surface area (Å²) in [6, 6.07) is 10.7. The molecule has 19 heavy (non-hydrogen) atoms. The van der Waals surface area contributed by atoms with Crippen molar-refractivity contribution in [3.05, 3.63) is 35.9 Å². The largest absolute Gasteiger partial charge is 0.348 e. The summed E-state index contributed by atoms with van der Waals surface area (Å²) in [6.45, 7) is 8.20. The predicted octanol–water partition coefficient (Wildman–Crippen LogP) is 2.66. The number of rotatable bonds is 4.